The van der Waals surface area contributed by atoms with Crippen molar-refractivity contribution in [2.24, 2.45) is 15.9 Å². The molecule has 3 rings (SSSR count). The lowest BCUT2D eigenvalue weighted by Gasteiger charge is -2.23. The SMILES string of the molecule is C=C(/C=C(\C=NC)c1cnc(-c2cccc(/C(C=NCC)=C/C)c2)cc1C(F)(F)F)C1CCOCC1. The Morgan fingerprint density at radius 2 is 1.92 bits per heavy atom. The number of rotatable bonds is 8. The maximum atomic E-state index is 14.3. The lowest BCUT2D eigenvalue weighted by Crippen LogP contribution is -2.17. The first-order valence-corrected chi connectivity index (χ1v) is 12.0. The van der Waals surface area contributed by atoms with Gasteiger partial charge in [0.05, 0.1) is 11.3 Å². The van der Waals surface area contributed by atoms with Gasteiger partial charge in [0, 0.05) is 62.1 Å². The summed E-state index contributed by atoms with van der Waals surface area (Å²) in [5.74, 6) is 0.167. The quantitative estimate of drug-likeness (QED) is 0.284. The molecule has 1 fully saturated rings. The van der Waals surface area contributed by atoms with Crippen LogP contribution >= 0.6 is 0 Å². The fourth-order valence-corrected chi connectivity index (χ4v) is 4.15. The van der Waals surface area contributed by atoms with Crippen LogP contribution < -0.4 is 0 Å². The Morgan fingerprint density at radius 3 is 2.56 bits per heavy atom. The van der Waals surface area contributed by atoms with Gasteiger partial charge in [-0.1, -0.05) is 36.4 Å². The molecule has 0 saturated carbocycles. The van der Waals surface area contributed by atoms with Crippen molar-refractivity contribution in [3.05, 3.63) is 77.5 Å². The van der Waals surface area contributed by atoms with Gasteiger partial charge in [-0.05, 0) is 62.0 Å². The fraction of sp³-hybridized carbons (Fsp3) is 0.345. The number of ether oxygens (including phenoxy) is 1. The number of aromatic nitrogens is 1. The summed E-state index contributed by atoms with van der Waals surface area (Å²) in [6.45, 7) is 9.86. The molecule has 190 valence electrons. The van der Waals surface area contributed by atoms with Gasteiger partial charge < -0.3 is 4.74 Å². The van der Waals surface area contributed by atoms with Crippen LogP contribution in [0, 0.1) is 5.92 Å². The zero-order chi connectivity index (χ0) is 26.1. The summed E-state index contributed by atoms with van der Waals surface area (Å²) in [4.78, 5) is 12.7. The molecule has 1 saturated heterocycles. The van der Waals surface area contributed by atoms with Gasteiger partial charge in [-0.2, -0.15) is 13.2 Å². The van der Waals surface area contributed by atoms with Crippen molar-refractivity contribution in [3.8, 4) is 11.3 Å². The third-order valence-corrected chi connectivity index (χ3v) is 6.09. The molecule has 2 heterocycles. The molecule has 0 radical (unpaired) electrons. The van der Waals surface area contributed by atoms with E-state index in [2.05, 4.69) is 21.5 Å². The van der Waals surface area contributed by atoms with Crippen molar-refractivity contribution in [2.75, 3.05) is 26.8 Å². The first-order chi connectivity index (χ1) is 17.3. The summed E-state index contributed by atoms with van der Waals surface area (Å²) in [5, 5.41) is 0. The molecule has 7 heteroatoms. The molecule has 0 spiro atoms. The second-order valence-electron chi connectivity index (χ2n) is 8.51. The van der Waals surface area contributed by atoms with Crippen molar-refractivity contribution in [3.63, 3.8) is 0 Å². The molecule has 2 aromatic rings. The second kappa shape index (κ2) is 12.6. The van der Waals surface area contributed by atoms with Crippen LogP contribution in [0.1, 0.15) is 43.4 Å². The lowest BCUT2D eigenvalue weighted by atomic mass is 9.89. The van der Waals surface area contributed by atoms with Crippen molar-refractivity contribution in [2.45, 2.75) is 32.9 Å². The van der Waals surface area contributed by atoms with Gasteiger partial charge in [-0.3, -0.25) is 15.0 Å². The topological polar surface area (TPSA) is 46.8 Å². The molecule has 36 heavy (non-hydrogen) atoms. The van der Waals surface area contributed by atoms with E-state index < -0.39 is 11.7 Å². The molecule has 0 unspecified atom stereocenters. The third-order valence-electron chi connectivity index (χ3n) is 6.09. The smallest absolute Gasteiger partial charge is 0.381 e. The van der Waals surface area contributed by atoms with Crippen LogP contribution in [0.5, 0.6) is 0 Å². The maximum absolute atomic E-state index is 14.3. The van der Waals surface area contributed by atoms with Crippen LogP contribution in [0.4, 0.5) is 13.2 Å². The highest BCUT2D eigenvalue weighted by atomic mass is 19.4. The highest BCUT2D eigenvalue weighted by Gasteiger charge is 2.35. The molecular weight excluding hydrogens is 463 g/mol. The number of nitrogens with zero attached hydrogens (tertiary/aromatic N) is 3. The van der Waals surface area contributed by atoms with Crippen molar-refractivity contribution < 1.29 is 17.9 Å². The summed E-state index contributed by atoms with van der Waals surface area (Å²) in [7, 11) is 1.53. The number of halogens is 3. The molecule has 0 atom stereocenters. The second-order valence-corrected chi connectivity index (χ2v) is 8.51. The highest BCUT2D eigenvalue weighted by Crippen LogP contribution is 2.37. The maximum Gasteiger partial charge on any atom is 0.417 e. The van der Waals surface area contributed by atoms with E-state index in [-0.39, 0.29) is 17.2 Å². The summed E-state index contributed by atoms with van der Waals surface area (Å²) < 4.78 is 48.2. The molecule has 1 aromatic heterocycles. The molecule has 0 amide bonds. The largest absolute Gasteiger partial charge is 0.417 e. The minimum Gasteiger partial charge on any atom is -0.381 e. The Kier molecular flexibility index (Phi) is 9.53. The van der Waals surface area contributed by atoms with Crippen LogP contribution in [0.3, 0.4) is 0 Å². The van der Waals surface area contributed by atoms with Gasteiger partial charge >= 0.3 is 6.18 Å². The number of allylic oxidation sites excluding steroid dienone is 5. The number of alkyl halides is 3. The number of benzene rings is 1. The Labute approximate surface area is 211 Å². The van der Waals surface area contributed by atoms with Gasteiger partial charge in [-0.25, -0.2) is 0 Å². The van der Waals surface area contributed by atoms with Gasteiger partial charge in [0.15, 0.2) is 0 Å². The molecule has 4 nitrogen and oxygen atoms in total. The third kappa shape index (κ3) is 6.88. The predicted octanol–water partition coefficient (Wildman–Crippen LogP) is 7.33. The van der Waals surface area contributed by atoms with E-state index in [1.165, 1.54) is 19.5 Å². The van der Waals surface area contributed by atoms with Crippen molar-refractivity contribution >= 4 is 23.6 Å². The van der Waals surface area contributed by atoms with Gasteiger partial charge in [0.25, 0.3) is 0 Å². The summed E-state index contributed by atoms with van der Waals surface area (Å²) in [6.07, 6.45) is 5.11. The molecular formula is C29H32F3N3O. The van der Waals surface area contributed by atoms with E-state index in [4.69, 9.17) is 4.74 Å². The zero-order valence-electron chi connectivity index (χ0n) is 21.0. The van der Waals surface area contributed by atoms with Gasteiger partial charge in [0.1, 0.15) is 0 Å². The number of pyridine rings is 1. The standard InChI is InChI=1S/C29H32F3N3O/c1-5-21(18-34-6-2)23-8-7-9-24(15-23)28-16-27(29(30,31)32)26(19-35-28)25(17-33-4)14-20(3)22-10-12-36-13-11-22/h5,7-9,14-19,22H,3,6,10-13H2,1-2,4H3/b21-5+,25-14+,33-17?,34-18?. The zero-order valence-corrected chi connectivity index (χ0v) is 21.0. The average molecular weight is 496 g/mol. The lowest BCUT2D eigenvalue weighted by molar-refractivity contribution is -0.137. The fourth-order valence-electron chi connectivity index (χ4n) is 4.15. The first kappa shape index (κ1) is 27.3. The Bertz CT molecular complexity index is 1190. The van der Waals surface area contributed by atoms with E-state index >= 15 is 0 Å². The minimum atomic E-state index is -4.58. The van der Waals surface area contributed by atoms with Crippen LogP contribution in [0.25, 0.3) is 22.4 Å². The molecule has 0 aliphatic carbocycles. The van der Waals surface area contributed by atoms with Gasteiger partial charge in [-0.15, -0.1) is 0 Å². The number of hydrogen-bond acceptors (Lipinski definition) is 4. The molecule has 0 N–H and O–H groups in total. The summed E-state index contributed by atoms with van der Waals surface area (Å²) >= 11 is 0. The normalized spacial score (nSPS) is 16.3. The Balaban J connectivity index is 2.06. The molecule has 1 aromatic carbocycles. The van der Waals surface area contributed by atoms with Crippen LogP contribution in [0.2, 0.25) is 0 Å². The van der Waals surface area contributed by atoms with E-state index in [1.807, 2.05) is 38.1 Å². The van der Waals surface area contributed by atoms with Crippen molar-refractivity contribution in [1.82, 2.24) is 4.98 Å². The Hall–Kier alpha value is -3.32. The summed E-state index contributed by atoms with van der Waals surface area (Å²) in [5.41, 5.74) is 2.90. The number of hydrogen-bond donors (Lipinski definition) is 0. The molecule has 0 bridgehead atoms. The van der Waals surface area contributed by atoms with E-state index in [1.54, 1.807) is 18.4 Å². The van der Waals surface area contributed by atoms with Crippen LogP contribution in [0.15, 0.2) is 70.8 Å². The van der Waals surface area contributed by atoms with E-state index in [0.717, 1.165) is 35.6 Å². The molecule has 1 aliphatic heterocycles. The minimum absolute atomic E-state index is 0.0227. The summed E-state index contributed by atoms with van der Waals surface area (Å²) in [6, 6.07) is 8.41. The van der Waals surface area contributed by atoms with Gasteiger partial charge in [0.2, 0.25) is 0 Å². The van der Waals surface area contributed by atoms with Crippen molar-refractivity contribution in [1.29, 1.82) is 0 Å². The number of aliphatic imine (C=N–C) groups is 2. The van der Waals surface area contributed by atoms with E-state index in [9.17, 15) is 13.2 Å². The highest BCUT2D eigenvalue weighted by molar-refractivity contribution is 6.11. The molecule has 1 aliphatic rings. The van der Waals surface area contributed by atoms with Crippen LogP contribution in [-0.2, 0) is 10.9 Å². The monoisotopic (exact) mass is 495 g/mol. The van der Waals surface area contributed by atoms with Crippen LogP contribution in [-0.4, -0.2) is 44.2 Å². The average Bonchev–Trinajstić information content (AvgIpc) is 2.88. The first-order valence-electron chi connectivity index (χ1n) is 12.0. The Morgan fingerprint density at radius 1 is 1.17 bits per heavy atom. The van der Waals surface area contributed by atoms with E-state index in [0.29, 0.717) is 30.9 Å². The predicted molar refractivity (Wildman–Crippen MR) is 142 cm³/mol.